The van der Waals surface area contributed by atoms with Crippen LogP contribution in [0.3, 0.4) is 0 Å². The van der Waals surface area contributed by atoms with Crippen molar-refractivity contribution >= 4 is 5.91 Å². The summed E-state index contributed by atoms with van der Waals surface area (Å²) < 4.78 is 0. The molecular weight excluding hydrogens is 214 g/mol. The molecule has 1 amide bonds. The quantitative estimate of drug-likeness (QED) is 0.726. The highest BCUT2D eigenvalue weighted by Crippen LogP contribution is 2.18. The number of carbonyl (C=O) groups is 1. The van der Waals surface area contributed by atoms with Crippen molar-refractivity contribution in [3.63, 3.8) is 0 Å². The Balaban J connectivity index is 2.15. The van der Waals surface area contributed by atoms with Crippen LogP contribution >= 0.6 is 0 Å². The molecule has 1 aliphatic rings. The Morgan fingerprint density at radius 1 is 1.29 bits per heavy atom. The van der Waals surface area contributed by atoms with Gasteiger partial charge in [-0.1, -0.05) is 39.5 Å². The standard InChI is InChI=1S/C14H27NO2/c1-3-4-5-6-7-8-14(17)15-10-9-13(16)12(2)11-15/h12-13,16H,3-11H2,1-2H3. The van der Waals surface area contributed by atoms with Crippen molar-refractivity contribution in [3.8, 4) is 0 Å². The predicted octanol–water partition coefficient (Wildman–Crippen LogP) is 2.58. The maximum absolute atomic E-state index is 11.9. The first-order valence-corrected chi connectivity index (χ1v) is 7.11. The van der Waals surface area contributed by atoms with E-state index < -0.39 is 0 Å². The van der Waals surface area contributed by atoms with E-state index in [1.165, 1.54) is 25.7 Å². The fraction of sp³-hybridized carbons (Fsp3) is 0.929. The lowest BCUT2D eigenvalue weighted by Gasteiger charge is -2.34. The first-order chi connectivity index (χ1) is 8.15. The maximum atomic E-state index is 11.9. The molecular formula is C14H27NO2. The molecule has 2 atom stereocenters. The molecule has 0 spiro atoms. The lowest BCUT2D eigenvalue weighted by atomic mass is 9.96. The van der Waals surface area contributed by atoms with Gasteiger partial charge in [0.15, 0.2) is 0 Å². The SMILES string of the molecule is CCCCCCCC(=O)N1CCC(O)C(C)C1. The Labute approximate surface area is 105 Å². The number of aliphatic hydroxyl groups is 1. The van der Waals surface area contributed by atoms with E-state index in [1.807, 2.05) is 11.8 Å². The number of piperidine rings is 1. The van der Waals surface area contributed by atoms with Crippen LogP contribution in [0.25, 0.3) is 0 Å². The number of likely N-dealkylation sites (tertiary alicyclic amines) is 1. The molecule has 1 rings (SSSR count). The summed E-state index contributed by atoms with van der Waals surface area (Å²) in [5.41, 5.74) is 0. The second kappa shape index (κ2) is 7.70. The highest BCUT2D eigenvalue weighted by molar-refractivity contribution is 5.76. The summed E-state index contributed by atoms with van der Waals surface area (Å²) in [5, 5.41) is 9.61. The molecule has 3 heteroatoms. The molecule has 0 aromatic carbocycles. The smallest absolute Gasteiger partial charge is 0.222 e. The van der Waals surface area contributed by atoms with E-state index in [9.17, 15) is 9.90 Å². The van der Waals surface area contributed by atoms with E-state index >= 15 is 0 Å². The predicted molar refractivity (Wildman–Crippen MR) is 69.7 cm³/mol. The van der Waals surface area contributed by atoms with E-state index in [1.54, 1.807) is 0 Å². The average molecular weight is 241 g/mol. The van der Waals surface area contributed by atoms with Gasteiger partial charge in [0.05, 0.1) is 6.10 Å². The number of carbonyl (C=O) groups excluding carboxylic acids is 1. The molecule has 0 saturated carbocycles. The Morgan fingerprint density at radius 3 is 2.65 bits per heavy atom. The van der Waals surface area contributed by atoms with Crippen LogP contribution in [0.4, 0.5) is 0 Å². The molecule has 17 heavy (non-hydrogen) atoms. The molecule has 0 bridgehead atoms. The summed E-state index contributed by atoms with van der Waals surface area (Å²) in [6.07, 6.45) is 7.17. The molecule has 1 heterocycles. The van der Waals surface area contributed by atoms with E-state index in [0.29, 0.717) is 6.42 Å². The van der Waals surface area contributed by atoms with Crippen LogP contribution in [0.2, 0.25) is 0 Å². The number of aliphatic hydroxyl groups excluding tert-OH is 1. The third-order valence-electron chi connectivity index (χ3n) is 3.71. The molecule has 3 nitrogen and oxygen atoms in total. The molecule has 1 fully saturated rings. The normalized spacial score (nSPS) is 25.0. The van der Waals surface area contributed by atoms with Gasteiger partial charge in [-0.2, -0.15) is 0 Å². The van der Waals surface area contributed by atoms with Gasteiger partial charge in [0.25, 0.3) is 0 Å². The van der Waals surface area contributed by atoms with Crippen LogP contribution in [-0.2, 0) is 4.79 Å². The number of amides is 1. The largest absolute Gasteiger partial charge is 0.393 e. The average Bonchev–Trinajstić information content (AvgIpc) is 2.32. The van der Waals surface area contributed by atoms with Gasteiger partial charge in [-0.05, 0) is 18.8 Å². The second-order valence-corrected chi connectivity index (χ2v) is 5.34. The summed E-state index contributed by atoms with van der Waals surface area (Å²) >= 11 is 0. The highest BCUT2D eigenvalue weighted by atomic mass is 16.3. The van der Waals surface area contributed by atoms with Crippen LogP contribution < -0.4 is 0 Å². The molecule has 2 unspecified atom stereocenters. The number of hydrogen-bond donors (Lipinski definition) is 1. The first kappa shape index (κ1) is 14.5. The first-order valence-electron chi connectivity index (χ1n) is 7.11. The number of hydrogen-bond acceptors (Lipinski definition) is 2. The third kappa shape index (κ3) is 5.07. The van der Waals surface area contributed by atoms with Crippen LogP contribution in [0.15, 0.2) is 0 Å². The zero-order valence-electron chi connectivity index (χ0n) is 11.3. The molecule has 0 aliphatic carbocycles. The monoisotopic (exact) mass is 241 g/mol. The number of unbranched alkanes of at least 4 members (excludes halogenated alkanes) is 4. The van der Waals surface area contributed by atoms with Gasteiger partial charge in [0.1, 0.15) is 0 Å². The Morgan fingerprint density at radius 2 is 2.00 bits per heavy atom. The highest BCUT2D eigenvalue weighted by Gasteiger charge is 2.26. The van der Waals surface area contributed by atoms with E-state index in [4.69, 9.17) is 0 Å². The fourth-order valence-electron chi connectivity index (χ4n) is 2.40. The molecule has 0 aromatic heterocycles. The van der Waals surface area contributed by atoms with Crippen LogP contribution in [-0.4, -0.2) is 35.1 Å². The fourth-order valence-corrected chi connectivity index (χ4v) is 2.40. The minimum Gasteiger partial charge on any atom is -0.393 e. The van der Waals surface area contributed by atoms with Crippen molar-refractivity contribution < 1.29 is 9.90 Å². The molecule has 0 aromatic rings. The van der Waals surface area contributed by atoms with Crippen molar-refractivity contribution in [3.05, 3.63) is 0 Å². The van der Waals surface area contributed by atoms with Crippen LogP contribution in [0.5, 0.6) is 0 Å². The number of rotatable bonds is 6. The Bertz CT molecular complexity index is 230. The van der Waals surface area contributed by atoms with Gasteiger partial charge in [0.2, 0.25) is 5.91 Å². The van der Waals surface area contributed by atoms with Gasteiger partial charge < -0.3 is 10.0 Å². The van der Waals surface area contributed by atoms with E-state index in [0.717, 1.165) is 25.9 Å². The summed E-state index contributed by atoms with van der Waals surface area (Å²) in [6.45, 7) is 5.69. The van der Waals surface area contributed by atoms with E-state index in [2.05, 4.69) is 6.92 Å². The van der Waals surface area contributed by atoms with Crippen molar-refractivity contribution in [2.24, 2.45) is 5.92 Å². The van der Waals surface area contributed by atoms with Gasteiger partial charge in [-0.25, -0.2) is 0 Å². The van der Waals surface area contributed by atoms with E-state index in [-0.39, 0.29) is 17.9 Å². The summed E-state index contributed by atoms with van der Waals surface area (Å²) in [5.74, 6) is 0.507. The Kier molecular flexibility index (Phi) is 6.56. The molecule has 1 aliphatic heterocycles. The molecule has 1 saturated heterocycles. The minimum absolute atomic E-state index is 0.219. The Hall–Kier alpha value is -0.570. The summed E-state index contributed by atoms with van der Waals surface area (Å²) in [7, 11) is 0. The van der Waals surface area contributed by atoms with Crippen molar-refractivity contribution in [1.82, 2.24) is 4.90 Å². The van der Waals surface area contributed by atoms with Crippen molar-refractivity contribution in [2.75, 3.05) is 13.1 Å². The molecule has 100 valence electrons. The summed E-state index contributed by atoms with van der Waals surface area (Å²) in [6, 6.07) is 0. The lowest BCUT2D eigenvalue weighted by molar-refractivity contribution is -0.134. The van der Waals surface area contributed by atoms with Gasteiger partial charge in [0, 0.05) is 19.5 Å². The third-order valence-corrected chi connectivity index (χ3v) is 3.71. The number of nitrogens with zero attached hydrogens (tertiary/aromatic N) is 1. The maximum Gasteiger partial charge on any atom is 0.222 e. The van der Waals surface area contributed by atoms with Crippen LogP contribution in [0.1, 0.15) is 58.8 Å². The second-order valence-electron chi connectivity index (χ2n) is 5.34. The van der Waals surface area contributed by atoms with Gasteiger partial charge in [-0.3, -0.25) is 4.79 Å². The lowest BCUT2D eigenvalue weighted by Crippen LogP contribution is -2.44. The zero-order valence-corrected chi connectivity index (χ0v) is 11.3. The van der Waals surface area contributed by atoms with Gasteiger partial charge in [-0.15, -0.1) is 0 Å². The zero-order chi connectivity index (χ0) is 12.7. The van der Waals surface area contributed by atoms with Crippen LogP contribution in [0, 0.1) is 5.92 Å². The van der Waals surface area contributed by atoms with Gasteiger partial charge >= 0.3 is 0 Å². The topological polar surface area (TPSA) is 40.5 Å². The minimum atomic E-state index is -0.219. The summed E-state index contributed by atoms with van der Waals surface area (Å²) in [4.78, 5) is 13.9. The molecule has 0 radical (unpaired) electrons. The molecule has 1 N–H and O–H groups in total. The van der Waals surface area contributed by atoms with Crippen molar-refractivity contribution in [2.45, 2.75) is 64.9 Å². The van der Waals surface area contributed by atoms with Crippen molar-refractivity contribution in [1.29, 1.82) is 0 Å².